The van der Waals surface area contributed by atoms with E-state index in [1.165, 1.54) is 0 Å². The normalized spacial score (nSPS) is 13.2. The minimum atomic E-state index is -1.73. The Balaban J connectivity index is 3.05. The maximum Gasteiger partial charge on any atom is 0.186 e. The number of nitriles is 1. The number of rotatable bonds is 4. The minimum Gasteiger partial charge on any atom is -0.495 e. The van der Waals surface area contributed by atoms with Crippen molar-refractivity contribution in [1.82, 2.24) is 0 Å². The van der Waals surface area contributed by atoms with Crippen LogP contribution in [0.25, 0.3) is 0 Å². The fraction of sp³-hybridized carbons (Fsp3) is 0.545. The first-order valence-electron chi connectivity index (χ1n) is 5.08. The number of aryl methyl sites for hydroxylation is 1. The molecule has 0 amide bonds. The van der Waals surface area contributed by atoms with Crippen LogP contribution in [0.1, 0.15) is 16.5 Å². The van der Waals surface area contributed by atoms with Crippen molar-refractivity contribution >= 4 is 19.7 Å². The highest BCUT2D eigenvalue weighted by molar-refractivity contribution is 7.10. The fourth-order valence-corrected chi connectivity index (χ4v) is 3.14. The van der Waals surface area contributed by atoms with E-state index in [4.69, 9.17) is 9.16 Å². The Morgan fingerprint density at radius 2 is 2.06 bits per heavy atom. The van der Waals surface area contributed by atoms with Crippen LogP contribution in [-0.4, -0.2) is 15.4 Å². The fourth-order valence-electron chi connectivity index (χ4n) is 1.42. The third-order valence-corrected chi connectivity index (χ3v) is 3.91. The second-order valence-corrected chi connectivity index (χ2v) is 10.1. The van der Waals surface area contributed by atoms with E-state index in [0.29, 0.717) is 0 Å². The average Bonchev–Trinajstić information content (AvgIpc) is 2.54. The molecule has 3 nitrogen and oxygen atoms in total. The number of hydrogen-bond acceptors (Lipinski definition) is 4. The van der Waals surface area contributed by atoms with Gasteiger partial charge in [0.25, 0.3) is 0 Å². The highest BCUT2D eigenvalue weighted by Gasteiger charge is 2.26. The summed E-state index contributed by atoms with van der Waals surface area (Å²) in [6.07, 6.45) is -0.507. The van der Waals surface area contributed by atoms with Gasteiger partial charge in [-0.25, -0.2) is 0 Å². The number of hydrogen-bond donors (Lipinski definition) is 0. The molecule has 0 bridgehead atoms. The molecule has 1 aromatic rings. The Hall–Kier alpha value is -0.833. The molecule has 0 radical (unpaired) electrons. The highest BCUT2D eigenvalue weighted by Crippen LogP contribution is 2.36. The van der Waals surface area contributed by atoms with E-state index in [9.17, 15) is 5.26 Å². The van der Waals surface area contributed by atoms with Crippen LogP contribution in [0.3, 0.4) is 0 Å². The molecule has 1 heterocycles. The number of thiophene rings is 1. The first-order valence-corrected chi connectivity index (χ1v) is 9.37. The number of nitrogens with zero attached hydrogens (tertiary/aromatic N) is 1. The van der Waals surface area contributed by atoms with E-state index in [-0.39, 0.29) is 0 Å². The smallest absolute Gasteiger partial charge is 0.186 e. The van der Waals surface area contributed by atoms with Crippen molar-refractivity contribution in [3.8, 4) is 11.8 Å². The van der Waals surface area contributed by atoms with Gasteiger partial charge in [0, 0.05) is 15.8 Å². The van der Waals surface area contributed by atoms with E-state index in [0.717, 1.165) is 16.2 Å². The molecule has 0 aliphatic heterocycles. The molecule has 1 atom stereocenters. The lowest BCUT2D eigenvalue weighted by Gasteiger charge is -2.22. The SMILES string of the molecule is COc1csc(C)c1C(C#N)O[Si](C)(C)C. The van der Waals surface area contributed by atoms with Crippen LogP contribution in [0.15, 0.2) is 5.38 Å². The summed E-state index contributed by atoms with van der Waals surface area (Å²) in [6.45, 7) is 8.21. The van der Waals surface area contributed by atoms with Crippen LogP contribution in [0.4, 0.5) is 0 Å². The molecule has 0 saturated heterocycles. The van der Waals surface area contributed by atoms with Crippen molar-refractivity contribution < 1.29 is 9.16 Å². The highest BCUT2D eigenvalue weighted by atomic mass is 32.1. The van der Waals surface area contributed by atoms with Crippen molar-refractivity contribution in [2.45, 2.75) is 32.7 Å². The summed E-state index contributed by atoms with van der Waals surface area (Å²) in [5.74, 6) is 0.757. The third kappa shape index (κ3) is 3.08. The summed E-state index contributed by atoms with van der Waals surface area (Å²) in [5, 5.41) is 11.1. The monoisotopic (exact) mass is 255 g/mol. The Labute approximate surface area is 102 Å². The zero-order valence-corrected chi connectivity index (χ0v) is 12.1. The largest absolute Gasteiger partial charge is 0.495 e. The molecule has 88 valence electrons. The van der Waals surface area contributed by atoms with Gasteiger partial charge in [0.2, 0.25) is 0 Å². The van der Waals surface area contributed by atoms with Gasteiger partial charge < -0.3 is 9.16 Å². The molecule has 0 saturated carbocycles. The number of ether oxygens (including phenoxy) is 1. The standard InChI is InChI=1S/C11H17NO2SSi/c1-8-11(10(13-2)7-15-8)9(6-12)14-16(3,4)5/h7,9H,1-5H3. The van der Waals surface area contributed by atoms with E-state index < -0.39 is 14.4 Å². The van der Waals surface area contributed by atoms with Gasteiger partial charge in [-0.05, 0) is 26.6 Å². The van der Waals surface area contributed by atoms with Crippen LogP contribution >= 0.6 is 11.3 Å². The van der Waals surface area contributed by atoms with Gasteiger partial charge in [0.15, 0.2) is 14.4 Å². The Morgan fingerprint density at radius 1 is 1.44 bits per heavy atom. The lowest BCUT2D eigenvalue weighted by atomic mass is 10.1. The second-order valence-electron chi connectivity index (χ2n) is 4.51. The van der Waals surface area contributed by atoms with E-state index >= 15 is 0 Å². The molecule has 0 N–H and O–H groups in total. The van der Waals surface area contributed by atoms with E-state index in [2.05, 4.69) is 25.7 Å². The van der Waals surface area contributed by atoms with Gasteiger partial charge >= 0.3 is 0 Å². The summed E-state index contributed by atoms with van der Waals surface area (Å²) < 4.78 is 11.1. The van der Waals surface area contributed by atoms with Crippen LogP contribution in [0.5, 0.6) is 5.75 Å². The molecule has 1 aromatic heterocycles. The minimum absolute atomic E-state index is 0.507. The van der Waals surface area contributed by atoms with Gasteiger partial charge in [-0.2, -0.15) is 5.26 Å². The van der Waals surface area contributed by atoms with Crippen molar-refractivity contribution in [2.24, 2.45) is 0 Å². The lowest BCUT2D eigenvalue weighted by Crippen LogP contribution is -2.27. The Kier molecular flexibility index (Phi) is 4.13. The zero-order valence-electron chi connectivity index (χ0n) is 10.3. The predicted molar refractivity (Wildman–Crippen MR) is 68.4 cm³/mol. The van der Waals surface area contributed by atoms with Crippen molar-refractivity contribution in [1.29, 1.82) is 5.26 Å². The van der Waals surface area contributed by atoms with Gasteiger partial charge in [-0.3, -0.25) is 0 Å². The zero-order chi connectivity index (χ0) is 12.3. The molecule has 16 heavy (non-hydrogen) atoms. The van der Waals surface area contributed by atoms with Crippen LogP contribution in [-0.2, 0) is 4.43 Å². The molecule has 0 fully saturated rings. The predicted octanol–water partition coefficient (Wildman–Crippen LogP) is 3.48. The second kappa shape index (κ2) is 5.00. The number of methoxy groups -OCH3 is 1. The van der Waals surface area contributed by atoms with Gasteiger partial charge in [0.05, 0.1) is 13.2 Å². The molecule has 0 spiro atoms. The maximum absolute atomic E-state index is 9.20. The summed E-state index contributed by atoms with van der Waals surface area (Å²) in [6, 6.07) is 2.22. The van der Waals surface area contributed by atoms with Crippen molar-refractivity contribution in [3.05, 3.63) is 15.8 Å². The molecular weight excluding hydrogens is 238 g/mol. The van der Waals surface area contributed by atoms with Gasteiger partial charge in [0.1, 0.15) is 5.75 Å². The average molecular weight is 255 g/mol. The molecule has 0 aliphatic rings. The van der Waals surface area contributed by atoms with Gasteiger partial charge in [-0.1, -0.05) is 0 Å². The van der Waals surface area contributed by atoms with Gasteiger partial charge in [-0.15, -0.1) is 11.3 Å². The van der Waals surface area contributed by atoms with Crippen LogP contribution in [0.2, 0.25) is 19.6 Å². The molecule has 0 aliphatic carbocycles. The Bertz CT molecular complexity index is 403. The first-order chi connectivity index (χ1) is 7.39. The summed E-state index contributed by atoms with van der Waals surface area (Å²) in [5.41, 5.74) is 0.887. The van der Waals surface area contributed by atoms with Crippen LogP contribution in [0, 0.1) is 18.3 Å². The van der Waals surface area contributed by atoms with Crippen LogP contribution < -0.4 is 4.74 Å². The quantitative estimate of drug-likeness (QED) is 0.774. The molecule has 5 heteroatoms. The van der Waals surface area contributed by atoms with Crippen molar-refractivity contribution in [3.63, 3.8) is 0 Å². The van der Waals surface area contributed by atoms with E-state index in [1.54, 1.807) is 18.4 Å². The summed E-state index contributed by atoms with van der Waals surface area (Å²) in [4.78, 5) is 1.08. The molecule has 1 rings (SSSR count). The molecule has 1 unspecified atom stereocenters. The first kappa shape index (κ1) is 13.2. The van der Waals surface area contributed by atoms with Crippen molar-refractivity contribution in [2.75, 3.05) is 7.11 Å². The Morgan fingerprint density at radius 3 is 2.50 bits per heavy atom. The third-order valence-electron chi connectivity index (χ3n) is 2.06. The lowest BCUT2D eigenvalue weighted by molar-refractivity contribution is 0.248. The summed E-state index contributed by atoms with van der Waals surface area (Å²) >= 11 is 1.58. The van der Waals surface area contributed by atoms with E-state index in [1.807, 2.05) is 12.3 Å². The topological polar surface area (TPSA) is 42.2 Å². The maximum atomic E-state index is 9.20. The molecular formula is C11H17NO2SSi. The summed E-state index contributed by atoms with van der Waals surface area (Å²) in [7, 11) is -0.110. The molecule has 0 aromatic carbocycles.